The predicted molar refractivity (Wildman–Crippen MR) is 91.2 cm³/mol. The summed E-state index contributed by atoms with van der Waals surface area (Å²) in [4.78, 5) is 20.9. The zero-order valence-electron chi connectivity index (χ0n) is 12.6. The third-order valence-electron chi connectivity index (χ3n) is 3.74. The average Bonchev–Trinajstić information content (AvgIpc) is 2.98. The van der Waals surface area contributed by atoms with Crippen molar-refractivity contribution in [3.05, 3.63) is 59.0 Å². The van der Waals surface area contributed by atoms with Gasteiger partial charge in [-0.25, -0.2) is 4.98 Å². The molecule has 1 N–H and O–H groups in total. The van der Waals surface area contributed by atoms with E-state index in [1.54, 1.807) is 37.4 Å². The summed E-state index contributed by atoms with van der Waals surface area (Å²) in [6.07, 6.45) is 3.12. The number of halogens is 1. The molecule has 0 fully saturated rings. The summed E-state index contributed by atoms with van der Waals surface area (Å²) in [7, 11) is 0. The van der Waals surface area contributed by atoms with Crippen molar-refractivity contribution in [2.24, 2.45) is 0 Å². The Morgan fingerprint density at radius 3 is 2.96 bits per heavy atom. The fourth-order valence-electron chi connectivity index (χ4n) is 2.51. The smallest absolute Gasteiger partial charge is 0.257 e. The molecule has 0 spiro atoms. The van der Waals surface area contributed by atoms with Crippen LogP contribution in [0.4, 0.5) is 5.69 Å². The Hall–Kier alpha value is -2.99. The van der Waals surface area contributed by atoms with Gasteiger partial charge in [-0.1, -0.05) is 16.8 Å². The standard InChI is InChI=1S/C17H11ClN4O2/c1-9-12-7-10(8-20-17(12)24-22-9)16(23)21-14-5-4-13(18)15-11(14)3-2-6-19-15/h2-8H,1H3,(H,21,23). The lowest BCUT2D eigenvalue weighted by Gasteiger charge is -2.09. The van der Waals surface area contributed by atoms with Gasteiger partial charge in [-0.05, 0) is 37.3 Å². The van der Waals surface area contributed by atoms with E-state index in [1.807, 2.05) is 6.07 Å². The van der Waals surface area contributed by atoms with Crippen molar-refractivity contribution >= 4 is 45.2 Å². The van der Waals surface area contributed by atoms with Gasteiger partial charge in [0.25, 0.3) is 11.6 Å². The Morgan fingerprint density at radius 2 is 2.08 bits per heavy atom. The molecule has 118 valence electrons. The molecule has 0 aliphatic heterocycles. The van der Waals surface area contributed by atoms with E-state index in [4.69, 9.17) is 16.1 Å². The highest BCUT2D eigenvalue weighted by Crippen LogP contribution is 2.28. The van der Waals surface area contributed by atoms with Crippen LogP contribution in [0.1, 0.15) is 16.1 Å². The molecule has 3 aromatic heterocycles. The number of aromatic nitrogens is 3. The first-order valence-corrected chi connectivity index (χ1v) is 7.58. The Kier molecular flexibility index (Phi) is 3.39. The van der Waals surface area contributed by atoms with E-state index in [1.165, 1.54) is 6.20 Å². The quantitative estimate of drug-likeness (QED) is 0.597. The zero-order chi connectivity index (χ0) is 16.7. The first-order chi connectivity index (χ1) is 11.6. The molecule has 0 saturated carbocycles. The van der Waals surface area contributed by atoms with Crippen molar-refractivity contribution < 1.29 is 9.32 Å². The van der Waals surface area contributed by atoms with Crippen LogP contribution in [-0.2, 0) is 0 Å². The summed E-state index contributed by atoms with van der Waals surface area (Å²) in [5, 5.41) is 8.73. The topological polar surface area (TPSA) is 80.9 Å². The second-order valence-corrected chi connectivity index (χ2v) is 5.70. The first-order valence-electron chi connectivity index (χ1n) is 7.20. The summed E-state index contributed by atoms with van der Waals surface area (Å²) in [6, 6.07) is 8.82. The van der Waals surface area contributed by atoms with Gasteiger partial charge < -0.3 is 9.84 Å². The number of anilines is 1. The SMILES string of the molecule is Cc1noc2ncc(C(=O)Nc3ccc(Cl)c4ncccc34)cc12. The first kappa shape index (κ1) is 14.6. The molecule has 0 atom stereocenters. The minimum absolute atomic E-state index is 0.280. The molecule has 3 heterocycles. The molecule has 7 heteroatoms. The normalized spacial score (nSPS) is 11.1. The van der Waals surface area contributed by atoms with Crippen LogP contribution in [0.15, 0.2) is 47.2 Å². The van der Waals surface area contributed by atoms with Gasteiger partial charge in [-0.2, -0.15) is 0 Å². The van der Waals surface area contributed by atoms with Gasteiger partial charge in [0.05, 0.1) is 32.9 Å². The fourth-order valence-corrected chi connectivity index (χ4v) is 2.72. The lowest BCUT2D eigenvalue weighted by Crippen LogP contribution is -2.12. The van der Waals surface area contributed by atoms with Crippen LogP contribution in [0.2, 0.25) is 5.02 Å². The maximum absolute atomic E-state index is 12.6. The molecule has 4 rings (SSSR count). The Labute approximate surface area is 141 Å². The number of nitrogens with zero attached hydrogens (tertiary/aromatic N) is 3. The molecule has 1 amide bonds. The summed E-state index contributed by atoms with van der Waals surface area (Å²) in [5.41, 5.74) is 2.79. The highest BCUT2D eigenvalue weighted by atomic mass is 35.5. The van der Waals surface area contributed by atoms with Gasteiger partial charge in [0.1, 0.15) is 0 Å². The summed E-state index contributed by atoms with van der Waals surface area (Å²) in [6.45, 7) is 1.80. The Morgan fingerprint density at radius 1 is 1.21 bits per heavy atom. The van der Waals surface area contributed by atoms with Crippen LogP contribution < -0.4 is 5.32 Å². The minimum Gasteiger partial charge on any atom is -0.336 e. The molecule has 0 aliphatic rings. The highest BCUT2D eigenvalue weighted by Gasteiger charge is 2.13. The summed E-state index contributed by atoms with van der Waals surface area (Å²) >= 11 is 6.15. The number of hydrogen-bond donors (Lipinski definition) is 1. The van der Waals surface area contributed by atoms with Gasteiger partial charge in [0.15, 0.2) is 0 Å². The molecule has 0 bridgehead atoms. The van der Waals surface area contributed by atoms with Gasteiger partial charge in [-0.3, -0.25) is 9.78 Å². The van der Waals surface area contributed by atoms with Crippen LogP contribution in [0.3, 0.4) is 0 Å². The van der Waals surface area contributed by atoms with E-state index < -0.39 is 0 Å². The van der Waals surface area contributed by atoms with Crippen LogP contribution in [0, 0.1) is 6.92 Å². The minimum atomic E-state index is -0.280. The Bertz CT molecular complexity index is 1090. The second-order valence-electron chi connectivity index (χ2n) is 5.29. The third kappa shape index (κ3) is 2.37. The average molecular weight is 339 g/mol. The van der Waals surface area contributed by atoms with E-state index in [2.05, 4.69) is 20.4 Å². The monoisotopic (exact) mass is 338 g/mol. The van der Waals surface area contributed by atoms with Crippen molar-refractivity contribution in [1.29, 1.82) is 0 Å². The molecule has 0 saturated heterocycles. The van der Waals surface area contributed by atoms with Crippen molar-refractivity contribution in [3.8, 4) is 0 Å². The summed E-state index contributed by atoms with van der Waals surface area (Å²) < 4.78 is 5.06. The lowest BCUT2D eigenvalue weighted by atomic mass is 10.1. The van der Waals surface area contributed by atoms with Crippen LogP contribution in [0.25, 0.3) is 22.0 Å². The van der Waals surface area contributed by atoms with Crippen molar-refractivity contribution in [2.45, 2.75) is 6.92 Å². The second kappa shape index (κ2) is 5.58. The molecular weight excluding hydrogens is 328 g/mol. The summed E-state index contributed by atoms with van der Waals surface area (Å²) in [5.74, 6) is -0.280. The third-order valence-corrected chi connectivity index (χ3v) is 4.05. The number of nitrogens with one attached hydrogen (secondary N) is 1. The van der Waals surface area contributed by atoms with E-state index in [-0.39, 0.29) is 5.91 Å². The number of fused-ring (bicyclic) bond motifs is 2. The molecule has 24 heavy (non-hydrogen) atoms. The lowest BCUT2D eigenvalue weighted by molar-refractivity contribution is 0.102. The number of carbonyl (C=O) groups excluding carboxylic acids is 1. The van der Waals surface area contributed by atoms with Crippen LogP contribution in [-0.4, -0.2) is 21.0 Å². The van der Waals surface area contributed by atoms with Crippen molar-refractivity contribution in [1.82, 2.24) is 15.1 Å². The Balaban J connectivity index is 1.73. The molecule has 6 nitrogen and oxygen atoms in total. The van der Waals surface area contributed by atoms with E-state index >= 15 is 0 Å². The molecule has 0 unspecified atom stereocenters. The molecular formula is C17H11ClN4O2. The van der Waals surface area contributed by atoms with E-state index in [9.17, 15) is 4.79 Å². The van der Waals surface area contributed by atoms with Gasteiger partial charge in [0, 0.05) is 17.8 Å². The highest BCUT2D eigenvalue weighted by molar-refractivity contribution is 6.35. The van der Waals surface area contributed by atoms with E-state index in [0.29, 0.717) is 38.6 Å². The van der Waals surface area contributed by atoms with Gasteiger partial charge in [-0.15, -0.1) is 0 Å². The van der Waals surface area contributed by atoms with Gasteiger partial charge in [0.2, 0.25) is 0 Å². The number of rotatable bonds is 2. The van der Waals surface area contributed by atoms with Crippen molar-refractivity contribution in [2.75, 3.05) is 5.32 Å². The van der Waals surface area contributed by atoms with Crippen LogP contribution >= 0.6 is 11.6 Å². The number of carbonyl (C=O) groups is 1. The molecule has 0 radical (unpaired) electrons. The molecule has 4 aromatic rings. The van der Waals surface area contributed by atoms with E-state index in [0.717, 1.165) is 5.39 Å². The largest absolute Gasteiger partial charge is 0.336 e. The van der Waals surface area contributed by atoms with Crippen molar-refractivity contribution in [3.63, 3.8) is 0 Å². The zero-order valence-corrected chi connectivity index (χ0v) is 13.3. The number of hydrogen-bond acceptors (Lipinski definition) is 5. The number of amides is 1. The maximum Gasteiger partial charge on any atom is 0.257 e. The van der Waals surface area contributed by atoms with Crippen LogP contribution in [0.5, 0.6) is 0 Å². The predicted octanol–water partition coefficient (Wildman–Crippen LogP) is 3.99. The molecule has 0 aliphatic carbocycles. The molecule has 1 aromatic carbocycles. The fraction of sp³-hybridized carbons (Fsp3) is 0.0588. The number of aryl methyl sites for hydroxylation is 1. The maximum atomic E-state index is 12.6. The number of benzene rings is 1. The van der Waals surface area contributed by atoms with Gasteiger partial charge >= 0.3 is 0 Å². The number of pyridine rings is 2.